The maximum atomic E-state index is 11.9. The van der Waals surface area contributed by atoms with Crippen molar-refractivity contribution in [3.05, 3.63) is 17.0 Å². The number of aromatic amines is 1. The number of aromatic nitrogens is 2. The normalized spacial score (nSPS) is 14.9. The minimum absolute atomic E-state index is 0.301. The molecule has 0 spiro atoms. The predicted octanol–water partition coefficient (Wildman–Crippen LogP) is 1.12. The Kier molecular flexibility index (Phi) is 2.82. The number of ether oxygens (including phenoxy) is 1. The molecule has 17 heavy (non-hydrogen) atoms. The summed E-state index contributed by atoms with van der Waals surface area (Å²) in [7, 11) is 0. The van der Waals surface area contributed by atoms with Gasteiger partial charge in [-0.2, -0.15) is 5.10 Å². The van der Waals surface area contributed by atoms with Gasteiger partial charge in [-0.1, -0.05) is 0 Å². The Morgan fingerprint density at radius 1 is 1.53 bits per heavy atom. The van der Waals surface area contributed by atoms with E-state index in [2.05, 4.69) is 10.2 Å². The molecule has 1 aliphatic heterocycles. The molecule has 1 aliphatic rings. The first kappa shape index (κ1) is 11.9. The molecule has 0 aromatic carbocycles. The fraction of sp³-hybridized carbons (Fsp3) is 0.636. The monoisotopic (exact) mass is 238 g/mol. The number of fused-ring (bicyclic) bond motifs is 1. The van der Waals surface area contributed by atoms with Crippen LogP contribution in [0.3, 0.4) is 0 Å². The number of H-pyrrole nitrogens is 1. The van der Waals surface area contributed by atoms with Crippen LogP contribution in [0.15, 0.2) is 0 Å². The second-order valence-electron chi connectivity index (χ2n) is 5.17. The van der Waals surface area contributed by atoms with Crippen LogP contribution in [0.2, 0.25) is 0 Å². The van der Waals surface area contributed by atoms with E-state index in [1.54, 1.807) is 4.90 Å². The van der Waals surface area contributed by atoms with Crippen LogP contribution >= 0.6 is 0 Å². The van der Waals surface area contributed by atoms with Gasteiger partial charge in [0.25, 0.3) is 0 Å². The van der Waals surface area contributed by atoms with Crippen molar-refractivity contribution in [2.24, 2.45) is 5.73 Å². The fourth-order valence-corrected chi connectivity index (χ4v) is 1.82. The second kappa shape index (κ2) is 4.03. The molecule has 0 bridgehead atoms. The molecular formula is C11H18N4O2. The maximum absolute atomic E-state index is 11.9. The number of carbonyl (C=O) groups is 1. The number of hydrogen-bond donors (Lipinski definition) is 2. The van der Waals surface area contributed by atoms with E-state index in [0.29, 0.717) is 19.6 Å². The highest BCUT2D eigenvalue weighted by Gasteiger charge is 2.30. The molecule has 0 saturated carbocycles. The van der Waals surface area contributed by atoms with Crippen molar-refractivity contribution >= 4 is 6.09 Å². The molecule has 0 radical (unpaired) electrons. The Bertz CT molecular complexity index is 433. The zero-order chi connectivity index (χ0) is 12.6. The van der Waals surface area contributed by atoms with Crippen LogP contribution in [0.25, 0.3) is 0 Å². The Balaban J connectivity index is 2.05. The lowest BCUT2D eigenvalue weighted by Gasteiger charge is -2.24. The number of nitrogens with two attached hydrogens (primary N) is 1. The average Bonchev–Trinajstić information content (AvgIpc) is 2.72. The molecule has 94 valence electrons. The number of nitrogens with one attached hydrogen (secondary N) is 1. The van der Waals surface area contributed by atoms with Gasteiger partial charge in [-0.15, -0.1) is 0 Å². The van der Waals surface area contributed by atoms with Gasteiger partial charge in [0.15, 0.2) is 0 Å². The molecule has 6 heteroatoms. The van der Waals surface area contributed by atoms with E-state index in [9.17, 15) is 4.79 Å². The highest BCUT2D eigenvalue weighted by atomic mass is 16.6. The van der Waals surface area contributed by atoms with Crippen LogP contribution in [0.4, 0.5) is 4.79 Å². The maximum Gasteiger partial charge on any atom is 0.410 e. The van der Waals surface area contributed by atoms with E-state index in [4.69, 9.17) is 10.5 Å². The summed E-state index contributed by atoms with van der Waals surface area (Å²) in [6.07, 6.45) is -0.301. The van der Waals surface area contributed by atoms with Crippen LogP contribution in [-0.2, 0) is 24.4 Å². The molecule has 1 aromatic heterocycles. The van der Waals surface area contributed by atoms with E-state index in [1.807, 2.05) is 20.8 Å². The Morgan fingerprint density at radius 3 is 2.82 bits per heavy atom. The zero-order valence-corrected chi connectivity index (χ0v) is 10.4. The summed E-state index contributed by atoms with van der Waals surface area (Å²) in [6.45, 7) is 6.98. The predicted molar refractivity (Wildman–Crippen MR) is 62.0 cm³/mol. The molecule has 0 saturated heterocycles. The fourth-order valence-electron chi connectivity index (χ4n) is 1.82. The molecule has 0 aliphatic carbocycles. The smallest absolute Gasteiger partial charge is 0.410 e. The van der Waals surface area contributed by atoms with Gasteiger partial charge in [-0.25, -0.2) is 4.79 Å². The minimum Gasteiger partial charge on any atom is -0.444 e. The first-order valence-electron chi connectivity index (χ1n) is 5.63. The average molecular weight is 238 g/mol. The van der Waals surface area contributed by atoms with E-state index >= 15 is 0 Å². The summed E-state index contributed by atoms with van der Waals surface area (Å²) in [5, 5.41) is 7.00. The molecule has 0 unspecified atom stereocenters. The summed E-state index contributed by atoms with van der Waals surface area (Å²) < 4.78 is 5.32. The third kappa shape index (κ3) is 2.41. The number of nitrogens with zero attached hydrogens (tertiary/aromatic N) is 2. The van der Waals surface area contributed by atoms with E-state index in [0.717, 1.165) is 17.0 Å². The highest BCUT2D eigenvalue weighted by molar-refractivity contribution is 5.69. The lowest BCUT2D eigenvalue weighted by atomic mass is 10.2. The first-order chi connectivity index (χ1) is 7.90. The summed E-state index contributed by atoms with van der Waals surface area (Å²) in [4.78, 5) is 13.5. The summed E-state index contributed by atoms with van der Waals surface area (Å²) in [6, 6.07) is 0. The number of amides is 1. The molecular weight excluding hydrogens is 220 g/mol. The van der Waals surface area contributed by atoms with Crippen LogP contribution in [-0.4, -0.2) is 26.8 Å². The van der Waals surface area contributed by atoms with Crippen molar-refractivity contribution in [3.63, 3.8) is 0 Å². The van der Waals surface area contributed by atoms with Crippen LogP contribution in [0.5, 0.6) is 0 Å². The van der Waals surface area contributed by atoms with Crippen molar-refractivity contribution in [1.29, 1.82) is 0 Å². The van der Waals surface area contributed by atoms with Gasteiger partial charge < -0.3 is 10.5 Å². The van der Waals surface area contributed by atoms with Gasteiger partial charge in [0, 0.05) is 12.1 Å². The first-order valence-corrected chi connectivity index (χ1v) is 5.63. The van der Waals surface area contributed by atoms with Crippen molar-refractivity contribution in [2.75, 3.05) is 0 Å². The third-order valence-electron chi connectivity index (χ3n) is 2.58. The molecule has 1 aromatic rings. The molecule has 2 rings (SSSR count). The van der Waals surface area contributed by atoms with Crippen LogP contribution < -0.4 is 5.73 Å². The SMILES string of the molecule is CC(C)(C)OC(=O)N1Cc2[nH]nc(CN)c2C1. The molecule has 0 atom stereocenters. The van der Waals surface area contributed by atoms with Crippen molar-refractivity contribution < 1.29 is 9.53 Å². The van der Waals surface area contributed by atoms with Crippen LogP contribution in [0, 0.1) is 0 Å². The van der Waals surface area contributed by atoms with Crippen molar-refractivity contribution in [1.82, 2.24) is 15.1 Å². The summed E-state index contributed by atoms with van der Waals surface area (Å²) >= 11 is 0. The largest absolute Gasteiger partial charge is 0.444 e. The van der Waals surface area contributed by atoms with Gasteiger partial charge in [-0.3, -0.25) is 10.00 Å². The molecule has 6 nitrogen and oxygen atoms in total. The quantitative estimate of drug-likeness (QED) is 0.767. The summed E-state index contributed by atoms with van der Waals surface area (Å²) in [5.41, 5.74) is 7.91. The lowest BCUT2D eigenvalue weighted by Crippen LogP contribution is -2.33. The topological polar surface area (TPSA) is 84.2 Å². The Hall–Kier alpha value is -1.56. The lowest BCUT2D eigenvalue weighted by molar-refractivity contribution is 0.0239. The second-order valence-corrected chi connectivity index (χ2v) is 5.17. The van der Waals surface area contributed by atoms with Crippen molar-refractivity contribution in [3.8, 4) is 0 Å². The van der Waals surface area contributed by atoms with Crippen LogP contribution in [0.1, 0.15) is 37.7 Å². The van der Waals surface area contributed by atoms with E-state index < -0.39 is 5.60 Å². The molecule has 2 heterocycles. The zero-order valence-electron chi connectivity index (χ0n) is 10.4. The third-order valence-corrected chi connectivity index (χ3v) is 2.58. The van der Waals surface area contributed by atoms with Gasteiger partial charge >= 0.3 is 6.09 Å². The number of hydrogen-bond acceptors (Lipinski definition) is 4. The van der Waals surface area contributed by atoms with E-state index in [1.165, 1.54) is 0 Å². The molecule has 3 N–H and O–H groups in total. The number of carbonyl (C=O) groups excluding carboxylic acids is 1. The minimum atomic E-state index is -0.470. The summed E-state index contributed by atoms with van der Waals surface area (Å²) in [5.74, 6) is 0. The van der Waals surface area contributed by atoms with Gasteiger partial charge in [0.05, 0.1) is 24.5 Å². The highest BCUT2D eigenvalue weighted by Crippen LogP contribution is 2.25. The van der Waals surface area contributed by atoms with Gasteiger partial charge in [0.1, 0.15) is 5.60 Å². The molecule has 0 fully saturated rings. The van der Waals surface area contributed by atoms with E-state index in [-0.39, 0.29) is 6.09 Å². The Labute approximate surface area is 100 Å². The van der Waals surface area contributed by atoms with Gasteiger partial charge in [0.2, 0.25) is 0 Å². The number of rotatable bonds is 1. The van der Waals surface area contributed by atoms with Gasteiger partial charge in [-0.05, 0) is 20.8 Å². The molecule has 1 amide bonds. The standard InChI is InChI=1S/C11H18N4O2/c1-11(2,3)17-10(16)15-5-7-8(4-12)13-14-9(7)6-15/h4-6,12H2,1-3H3,(H,13,14). The Morgan fingerprint density at radius 2 is 2.24 bits per heavy atom. The van der Waals surface area contributed by atoms with Crippen molar-refractivity contribution in [2.45, 2.75) is 46.0 Å².